The van der Waals surface area contributed by atoms with E-state index < -0.39 is 0 Å². The molecule has 1 fully saturated rings. The molecule has 6 heteroatoms. The van der Waals surface area contributed by atoms with Gasteiger partial charge in [0.2, 0.25) is 0 Å². The van der Waals surface area contributed by atoms with Gasteiger partial charge in [-0.05, 0) is 25.8 Å². The van der Waals surface area contributed by atoms with Gasteiger partial charge in [-0.25, -0.2) is 19.3 Å². The molecular formula is C18H16FN5. The number of rotatable bonds is 2. The van der Waals surface area contributed by atoms with E-state index in [0.29, 0.717) is 11.6 Å². The van der Waals surface area contributed by atoms with Crippen LogP contribution in [0.5, 0.6) is 0 Å². The maximum atomic E-state index is 14.4. The molecule has 5 rings (SSSR count). The highest BCUT2D eigenvalue weighted by molar-refractivity contribution is 5.93. The van der Waals surface area contributed by atoms with Crippen LogP contribution in [-0.2, 0) is 0 Å². The standard InChI is InChI=1S/C18H16FN5/c1-10-8-24-9-12(5-15(19)18(24)22-10)13-6-21-17-14(13)7-20-16(23-17)11-3-2-4-11/h5-9,11H,2-4H2,1H3,(H,20,21,23). The minimum absolute atomic E-state index is 0.332. The number of H-pyrrole nitrogens is 1. The molecular weight excluding hydrogens is 305 g/mol. The van der Waals surface area contributed by atoms with Crippen LogP contribution in [0.2, 0.25) is 0 Å². The van der Waals surface area contributed by atoms with E-state index >= 15 is 0 Å². The SMILES string of the molecule is Cc1cn2cc(-c3c[nH]c4nc(C5CCC5)ncc34)cc(F)c2n1. The Bertz CT molecular complexity index is 1070. The van der Waals surface area contributed by atoms with Gasteiger partial charge in [0.15, 0.2) is 11.5 Å². The molecule has 0 atom stereocenters. The van der Waals surface area contributed by atoms with E-state index in [4.69, 9.17) is 0 Å². The van der Waals surface area contributed by atoms with Gasteiger partial charge in [0.1, 0.15) is 11.5 Å². The van der Waals surface area contributed by atoms with Gasteiger partial charge in [0, 0.05) is 47.2 Å². The van der Waals surface area contributed by atoms with E-state index in [1.165, 1.54) is 25.3 Å². The Morgan fingerprint density at radius 2 is 2.12 bits per heavy atom. The normalized spacial score (nSPS) is 15.2. The Labute approximate surface area is 137 Å². The Morgan fingerprint density at radius 1 is 1.25 bits per heavy atom. The number of imidazole rings is 1. The number of hydrogen-bond acceptors (Lipinski definition) is 3. The van der Waals surface area contributed by atoms with Crippen LogP contribution in [0.25, 0.3) is 27.8 Å². The number of hydrogen-bond donors (Lipinski definition) is 1. The van der Waals surface area contributed by atoms with Crippen molar-refractivity contribution in [3.63, 3.8) is 0 Å². The quantitative estimate of drug-likeness (QED) is 0.607. The van der Waals surface area contributed by atoms with Crippen LogP contribution in [0.3, 0.4) is 0 Å². The van der Waals surface area contributed by atoms with E-state index in [1.54, 1.807) is 4.40 Å². The van der Waals surface area contributed by atoms with Crippen molar-refractivity contribution < 1.29 is 4.39 Å². The monoisotopic (exact) mass is 321 g/mol. The number of fused-ring (bicyclic) bond motifs is 2. The summed E-state index contributed by atoms with van der Waals surface area (Å²) in [6.07, 6.45) is 11.0. The number of aromatic nitrogens is 5. The fourth-order valence-corrected chi connectivity index (χ4v) is 3.35. The van der Waals surface area contributed by atoms with Crippen molar-refractivity contribution in [1.82, 2.24) is 24.3 Å². The lowest BCUT2D eigenvalue weighted by molar-refractivity contribution is 0.402. The molecule has 1 saturated carbocycles. The van der Waals surface area contributed by atoms with E-state index in [1.807, 2.05) is 31.7 Å². The molecule has 1 aliphatic carbocycles. The van der Waals surface area contributed by atoms with Gasteiger partial charge in [-0.2, -0.15) is 0 Å². The lowest BCUT2D eigenvalue weighted by Crippen LogP contribution is -2.12. The Hall–Kier alpha value is -2.76. The van der Waals surface area contributed by atoms with Crippen molar-refractivity contribution in [2.45, 2.75) is 32.1 Å². The molecule has 0 spiro atoms. The summed E-state index contributed by atoms with van der Waals surface area (Å²) in [7, 11) is 0. The third-order valence-electron chi connectivity index (χ3n) is 4.86. The van der Waals surface area contributed by atoms with E-state index in [0.717, 1.165) is 33.7 Å². The van der Waals surface area contributed by atoms with Gasteiger partial charge in [-0.1, -0.05) is 6.42 Å². The third kappa shape index (κ3) is 1.95. The van der Waals surface area contributed by atoms with Gasteiger partial charge in [-0.15, -0.1) is 0 Å². The van der Waals surface area contributed by atoms with Crippen molar-refractivity contribution in [3.8, 4) is 11.1 Å². The molecule has 0 radical (unpaired) electrons. The molecule has 0 unspecified atom stereocenters. The van der Waals surface area contributed by atoms with Crippen LogP contribution in [0.4, 0.5) is 4.39 Å². The number of aryl methyl sites for hydroxylation is 1. The Morgan fingerprint density at radius 3 is 2.92 bits per heavy atom. The number of halogens is 1. The van der Waals surface area contributed by atoms with Crippen LogP contribution in [0.15, 0.2) is 30.9 Å². The molecule has 4 heterocycles. The second-order valence-corrected chi connectivity index (χ2v) is 6.51. The molecule has 120 valence electrons. The first-order valence-electron chi connectivity index (χ1n) is 8.18. The van der Waals surface area contributed by atoms with E-state index in [2.05, 4.69) is 19.9 Å². The van der Waals surface area contributed by atoms with Crippen molar-refractivity contribution in [1.29, 1.82) is 0 Å². The highest BCUT2D eigenvalue weighted by Crippen LogP contribution is 2.35. The fourth-order valence-electron chi connectivity index (χ4n) is 3.35. The van der Waals surface area contributed by atoms with Crippen LogP contribution >= 0.6 is 0 Å². The molecule has 5 nitrogen and oxygen atoms in total. The van der Waals surface area contributed by atoms with Crippen molar-refractivity contribution in [2.24, 2.45) is 0 Å². The second-order valence-electron chi connectivity index (χ2n) is 6.51. The van der Waals surface area contributed by atoms with Crippen molar-refractivity contribution in [3.05, 3.63) is 48.2 Å². The van der Waals surface area contributed by atoms with Gasteiger partial charge in [0.25, 0.3) is 0 Å². The second kappa shape index (κ2) is 4.87. The summed E-state index contributed by atoms with van der Waals surface area (Å²) in [6.45, 7) is 1.85. The summed E-state index contributed by atoms with van der Waals surface area (Å²) in [5.74, 6) is 1.07. The Balaban J connectivity index is 1.65. The fraction of sp³-hybridized carbons (Fsp3) is 0.278. The molecule has 4 aromatic heterocycles. The molecule has 24 heavy (non-hydrogen) atoms. The zero-order valence-electron chi connectivity index (χ0n) is 13.3. The van der Waals surface area contributed by atoms with Gasteiger partial charge < -0.3 is 9.38 Å². The summed E-state index contributed by atoms with van der Waals surface area (Å²) in [5.41, 5.74) is 3.63. The first-order chi connectivity index (χ1) is 11.7. The largest absolute Gasteiger partial charge is 0.345 e. The molecule has 1 N–H and O–H groups in total. The number of pyridine rings is 1. The lowest BCUT2D eigenvalue weighted by atomic mass is 9.85. The first-order valence-corrected chi connectivity index (χ1v) is 8.18. The zero-order valence-corrected chi connectivity index (χ0v) is 13.3. The van der Waals surface area contributed by atoms with Crippen LogP contribution in [0.1, 0.15) is 36.7 Å². The minimum atomic E-state index is -0.332. The first kappa shape index (κ1) is 13.7. The zero-order chi connectivity index (χ0) is 16.3. The predicted molar refractivity (Wildman–Crippen MR) is 89.4 cm³/mol. The van der Waals surface area contributed by atoms with Gasteiger partial charge >= 0.3 is 0 Å². The molecule has 0 saturated heterocycles. The lowest BCUT2D eigenvalue weighted by Gasteiger charge is -2.23. The number of nitrogens with zero attached hydrogens (tertiary/aromatic N) is 4. The highest BCUT2D eigenvalue weighted by Gasteiger charge is 2.23. The average molecular weight is 321 g/mol. The molecule has 0 amide bonds. The van der Waals surface area contributed by atoms with Crippen molar-refractivity contribution in [2.75, 3.05) is 0 Å². The molecule has 0 aliphatic heterocycles. The maximum absolute atomic E-state index is 14.4. The summed E-state index contributed by atoms with van der Waals surface area (Å²) in [6, 6.07) is 1.52. The highest BCUT2D eigenvalue weighted by atomic mass is 19.1. The smallest absolute Gasteiger partial charge is 0.173 e. The predicted octanol–water partition coefficient (Wildman–Crippen LogP) is 3.99. The topological polar surface area (TPSA) is 58.9 Å². The average Bonchev–Trinajstić information content (AvgIpc) is 3.08. The van der Waals surface area contributed by atoms with Gasteiger partial charge in [0.05, 0.1) is 5.69 Å². The number of nitrogens with one attached hydrogen (secondary N) is 1. The van der Waals surface area contributed by atoms with Crippen molar-refractivity contribution >= 4 is 16.7 Å². The summed E-state index contributed by atoms with van der Waals surface area (Å²) in [5, 5.41) is 0.911. The molecule has 0 bridgehead atoms. The van der Waals surface area contributed by atoms with E-state index in [-0.39, 0.29) is 5.82 Å². The minimum Gasteiger partial charge on any atom is -0.345 e. The van der Waals surface area contributed by atoms with Gasteiger partial charge in [-0.3, -0.25) is 0 Å². The maximum Gasteiger partial charge on any atom is 0.173 e. The molecule has 1 aliphatic rings. The summed E-state index contributed by atoms with van der Waals surface area (Å²) < 4.78 is 16.1. The van der Waals surface area contributed by atoms with Crippen LogP contribution in [0, 0.1) is 12.7 Å². The van der Waals surface area contributed by atoms with E-state index in [9.17, 15) is 4.39 Å². The third-order valence-corrected chi connectivity index (χ3v) is 4.86. The summed E-state index contributed by atoms with van der Waals surface area (Å²) >= 11 is 0. The van der Waals surface area contributed by atoms with Crippen LogP contribution in [-0.4, -0.2) is 24.3 Å². The molecule has 4 aromatic rings. The summed E-state index contributed by atoms with van der Waals surface area (Å²) in [4.78, 5) is 16.6. The number of aromatic amines is 1. The Kier molecular flexibility index (Phi) is 2.77. The molecule has 0 aromatic carbocycles. The van der Waals surface area contributed by atoms with Crippen LogP contribution < -0.4 is 0 Å².